The fourth-order valence-electron chi connectivity index (χ4n) is 4.29. The van der Waals surface area contributed by atoms with Crippen molar-refractivity contribution in [2.24, 2.45) is 0 Å². The van der Waals surface area contributed by atoms with Crippen LogP contribution < -0.4 is 15.0 Å². The summed E-state index contributed by atoms with van der Waals surface area (Å²) in [4.78, 5) is 28.2. The first kappa shape index (κ1) is 27.2. The van der Waals surface area contributed by atoms with Crippen molar-refractivity contribution in [2.45, 2.75) is 38.9 Å². The van der Waals surface area contributed by atoms with E-state index in [0.717, 1.165) is 62.5 Å². The van der Waals surface area contributed by atoms with Crippen LogP contribution in [0.2, 0.25) is 0 Å². The van der Waals surface area contributed by atoms with E-state index in [1.165, 1.54) is 12.1 Å². The molecule has 2 aromatic carbocycles. The standard InChI is InChI=1S/C24H30F2N4O2.C2H4O2/c1-28-9-7-20(8-10-28)30(16-18-4-5-19(25)14-21(18)26)24(31)27-15-17-3-6-23-22(13-17)29(2)11-12-32-23;1-2(3)4/h3-6,13-14,20H,7-12,15-16H2,1-2H3,(H,27,31);1H3,(H,3,4). The number of anilines is 1. The number of fused-ring (bicyclic) bond motifs is 1. The lowest BCUT2D eigenvalue weighted by Gasteiger charge is -2.37. The van der Waals surface area contributed by atoms with E-state index < -0.39 is 17.6 Å². The summed E-state index contributed by atoms with van der Waals surface area (Å²) < 4.78 is 33.4. The Bertz CT molecular complexity index is 1060. The maximum absolute atomic E-state index is 14.3. The SMILES string of the molecule is CC(=O)O.CN1CCC(N(Cc2ccc(F)cc2F)C(=O)NCc2ccc3c(c2)N(C)CCO3)CC1. The maximum atomic E-state index is 14.3. The largest absolute Gasteiger partial charge is 0.490 e. The second-order valence-corrected chi connectivity index (χ2v) is 9.15. The Kier molecular flexibility index (Phi) is 9.46. The Morgan fingerprint density at radius 3 is 2.47 bits per heavy atom. The topological polar surface area (TPSA) is 85.3 Å². The molecule has 0 saturated carbocycles. The van der Waals surface area contributed by atoms with Crippen LogP contribution in [-0.2, 0) is 17.9 Å². The van der Waals surface area contributed by atoms with Gasteiger partial charge < -0.3 is 29.9 Å². The lowest BCUT2D eigenvalue weighted by atomic mass is 10.0. The highest BCUT2D eigenvalue weighted by Gasteiger charge is 2.28. The fraction of sp³-hybridized carbons (Fsp3) is 0.462. The average molecular weight is 505 g/mol. The van der Waals surface area contributed by atoms with Crippen LogP contribution in [0.1, 0.15) is 30.9 Å². The van der Waals surface area contributed by atoms with Crippen molar-refractivity contribution in [3.8, 4) is 5.75 Å². The van der Waals surface area contributed by atoms with E-state index in [1.54, 1.807) is 4.90 Å². The Labute approximate surface area is 210 Å². The number of ether oxygens (including phenoxy) is 1. The summed E-state index contributed by atoms with van der Waals surface area (Å²) in [6.07, 6.45) is 1.63. The van der Waals surface area contributed by atoms with Gasteiger partial charge in [-0.25, -0.2) is 13.6 Å². The number of hydrogen-bond acceptors (Lipinski definition) is 5. The lowest BCUT2D eigenvalue weighted by Crippen LogP contribution is -2.49. The van der Waals surface area contributed by atoms with Gasteiger partial charge in [0.25, 0.3) is 5.97 Å². The number of likely N-dealkylation sites (tertiary alicyclic amines) is 1. The summed E-state index contributed by atoms with van der Waals surface area (Å²) in [6.45, 7) is 4.76. The number of likely N-dealkylation sites (N-methyl/N-ethyl adjacent to an activating group) is 1. The number of carbonyl (C=O) groups excluding carboxylic acids is 1. The Balaban J connectivity index is 0.000000840. The molecule has 2 N–H and O–H groups in total. The third-order valence-corrected chi connectivity index (χ3v) is 6.31. The second-order valence-electron chi connectivity index (χ2n) is 9.15. The average Bonchev–Trinajstić information content (AvgIpc) is 2.83. The summed E-state index contributed by atoms with van der Waals surface area (Å²) >= 11 is 0. The monoisotopic (exact) mass is 504 g/mol. The normalized spacial score (nSPS) is 15.8. The van der Waals surface area contributed by atoms with Crippen molar-refractivity contribution < 1.29 is 28.2 Å². The van der Waals surface area contributed by atoms with Crippen LogP contribution in [0.5, 0.6) is 5.75 Å². The number of benzene rings is 2. The smallest absolute Gasteiger partial charge is 0.318 e. The number of hydrogen-bond donors (Lipinski definition) is 2. The number of urea groups is 1. The number of aliphatic carboxylic acids is 1. The molecule has 196 valence electrons. The summed E-state index contributed by atoms with van der Waals surface area (Å²) in [6, 6.07) is 9.16. The molecule has 10 heteroatoms. The van der Waals surface area contributed by atoms with Crippen LogP contribution in [0.4, 0.5) is 19.3 Å². The minimum atomic E-state index is -0.833. The Morgan fingerprint density at radius 1 is 1.11 bits per heavy atom. The van der Waals surface area contributed by atoms with Gasteiger partial charge in [0.2, 0.25) is 0 Å². The molecule has 0 aromatic heterocycles. The molecular weight excluding hydrogens is 470 g/mol. The molecule has 8 nitrogen and oxygen atoms in total. The number of piperidine rings is 1. The van der Waals surface area contributed by atoms with E-state index in [-0.39, 0.29) is 18.6 Å². The van der Waals surface area contributed by atoms with Crippen LogP contribution in [-0.4, -0.2) is 73.3 Å². The minimum Gasteiger partial charge on any atom is -0.490 e. The van der Waals surface area contributed by atoms with Gasteiger partial charge >= 0.3 is 6.03 Å². The molecule has 1 fully saturated rings. The highest BCUT2D eigenvalue weighted by atomic mass is 19.1. The first-order valence-corrected chi connectivity index (χ1v) is 12.0. The number of nitrogens with zero attached hydrogens (tertiary/aromatic N) is 3. The van der Waals surface area contributed by atoms with E-state index in [9.17, 15) is 13.6 Å². The lowest BCUT2D eigenvalue weighted by molar-refractivity contribution is -0.134. The summed E-state index contributed by atoms with van der Waals surface area (Å²) in [5.74, 6) is -1.25. The molecule has 2 amide bonds. The molecule has 0 spiro atoms. The molecule has 2 heterocycles. The third kappa shape index (κ3) is 7.55. The number of halogens is 2. The molecule has 2 aliphatic heterocycles. The van der Waals surface area contributed by atoms with Crippen LogP contribution in [0, 0.1) is 11.6 Å². The number of nitrogens with one attached hydrogen (secondary N) is 1. The van der Waals surface area contributed by atoms with Crippen molar-refractivity contribution >= 4 is 17.7 Å². The van der Waals surface area contributed by atoms with Crippen molar-refractivity contribution in [1.29, 1.82) is 0 Å². The molecule has 2 aromatic rings. The van der Waals surface area contributed by atoms with Gasteiger partial charge in [-0.3, -0.25) is 4.79 Å². The van der Waals surface area contributed by atoms with Crippen molar-refractivity contribution in [3.63, 3.8) is 0 Å². The van der Waals surface area contributed by atoms with Gasteiger partial charge in [0.1, 0.15) is 24.0 Å². The quantitative estimate of drug-likeness (QED) is 0.646. The molecule has 0 aliphatic carbocycles. The molecule has 0 bridgehead atoms. The highest BCUT2D eigenvalue weighted by Crippen LogP contribution is 2.31. The van der Waals surface area contributed by atoms with E-state index in [2.05, 4.69) is 22.2 Å². The summed E-state index contributed by atoms with van der Waals surface area (Å²) in [5, 5.41) is 10.4. The number of carboxylic acids is 1. The van der Waals surface area contributed by atoms with Gasteiger partial charge in [-0.1, -0.05) is 12.1 Å². The van der Waals surface area contributed by atoms with Gasteiger partial charge in [0.15, 0.2) is 0 Å². The van der Waals surface area contributed by atoms with E-state index >= 15 is 0 Å². The minimum absolute atomic E-state index is 0.00119. The van der Waals surface area contributed by atoms with Crippen molar-refractivity contribution in [1.82, 2.24) is 15.1 Å². The molecule has 0 atom stereocenters. The predicted molar refractivity (Wildman–Crippen MR) is 133 cm³/mol. The zero-order valence-corrected chi connectivity index (χ0v) is 21.0. The van der Waals surface area contributed by atoms with Gasteiger partial charge in [-0.15, -0.1) is 0 Å². The first-order chi connectivity index (χ1) is 17.1. The highest BCUT2D eigenvalue weighted by molar-refractivity contribution is 5.75. The van der Waals surface area contributed by atoms with Crippen LogP contribution in [0.3, 0.4) is 0 Å². The van der Waals surface area contributed by atoms with E-state index in [1.807, 2.05) is 25.2 Å². The zero-order valence-electron chi connectivity index (χ0n) is 21.0. The third-order valence-electron chi connectivity index (χ3n) is 6.31. The van der Waals surface area contributed by atoms with Gasteiger partial charge in [-0.05, 0) is 56.7 Å². The molecule has 36 heavy (non-hydrogen) atoms. The van der Waals surface area contributed by atoms with Crippen LogP contribution >= 0.6 is 0 Å². The fourth-order valence-corrected chi connectivity index (χ4v) is 4.29. The number of rotatable bonds is 5. The van der Waals surface area contributed by atoms with Gasteiger partial charge in [-0.2, -0.15) is 0 Å². The van der Waals surface area contributed by atoms with E-state index in [4.69, 9.17) is 14.6 Å². The van der Waals surface area contributed by atoms with Crippen molar-refractivity contribution in [2.75, 3.05) is 45.2 Å². The summed E-state index contributed by atoms with van der Waals surface area (Å²) in [7, 11) is 4.07. The van der Waals surface area contributed by atoms with Crippen molar-refractivity contribution in [3.05, 3.63) is 59.2 Å². The van der Waals surface area contributed by atoms with Gasteiger partial charge in [0, 0.05) is 38.2 Å². The first-order valence-electron chi connectivity index (χ1n) is 12.0. The van der Waals surface area contributed by atoms with Crippen LogP contribution in [0.15, 0.2) is 36.4 Å². The Morgan fingerprint density at radius 2 is 1.81 bits per heavy atom. The van der Waals surface area contributed by atoms with E-state index in [0.29, 0.717) is 18.7 Å². The van der Waals surface area contributed by atoms with Crippen LogP contribution in [0.25, 0.3) is 0 Å². The molecule has 4 rings (SSSR count). The maximum Gasteiger partial charge on any atom is 0.318 e. The molecule has 1 saturated heterocycles. The summed E-state index contributed by atoms with van der Waals surface area (Å²) in [5.41, 5.74) is 2.28. The number of amides is 2. The number of carbonyl (C=O) groups is 2. The van der Waals surface area contributed by atoms with Gasteiger partial charge in [0.05, 0.1) is 18.8 Å². The molecule has 2 aliphatic rings. The molecule has 0 unspecified atom stereocenters. The predicted octanol–water partition coefficient (Wildman–Crippen LogP) is 3.69. The molecule has 0 radical (unpaired) electrons. The zero-order chi connectivity index (χ0) is 26.2. The second kappa shape index (κ2) is 12.5. The number of carboxylic acid groups (broad SMARTS) is 1. The molecular formula is C26H34F2N4O4. The Hall–Kier alpha value is -3.40.